The second-order valence-electron chi connectivity index (χ2n) is 8.61. The molecule has 1 saturated heterocycles. The van der Waals surface area contributed by atoms with Crippen molar-refractivity contribution in [3.63, 3.8) is 0 Å². The van der Waals surface area contributed by atoms with Gasteiger partial charge in [0.1, 0.15) is 0 Å². The van der Waals surface area contributed by atoms with Crippen LogP contribution < -0.4 is 5.06 Å². The van der Waals surface area contributed by atoms with E-state index in [1.165, 1.54) is 10.8 Å². The number of hydrogen-bond donors (Lipinski definition) is 0. The first-order valence-electron chi connectivity index (χ1n) is 11.7. The molecular weight excluding hydrogens is 458 g/mol. The predicted molar refractivity (Wildman–Crippen MR) is 141 cm³/mol. The van der Waals surface area contributed by atoms with Gasteiger partial charge in [-0.05, 0) is 70.8 Å². The molecule has 5 heteroatoms. The summed E-state index contributed by atoms with van der Waals surface area (Å²) in [5.74, 6) is -0.371. The zero-order chi connectivity index (χ0) is 24.4. The lowest BCUT2D eigenvalue weighted by molar-refractivity contribution is 0.0525. The molecule has 1 aliphatic rings. The molecule has 0 amide bonds. The Hall–Kier alpha value is -3.60. The van der Waals surface area contributed by atoms with Crippen LogP contribution in [0.3, 0.4) is 0 Å². The number of esters is 1. The molecule has 0 N–H and O–H groups in total. The van der Waals surface area contributed by atoms with Crippen LogP contribution in [0.4, 0.5) is 5.69 Å². The molecule has 1 fully saturated rings. The zero-order valence-electron chi connectivity index (χ0n) is 19.5. The van der Waals surface area contributed by atoms with E-state index in [9.17, 15) is 4.79 Å². The van der Waals surface area contributed by atoms with Crippen molar-refractivity contribution >= 4 is 34.0 Å². The molecule has 0 aliphatic carbocycles. The van der Waals surface area contributed by atoms with Gasteiger partial charge < -0.3 is 4.74 Å². The molecule has 176 valence electrons. The van der Waals surface area contributed by atoms with Gasteiger partial charge in [0, 0.05) is 10.9 Å². The monoisotopic (exact) mass is 483 g/mol. The summed E-state index contributed by atoms with van der Waals surface area (Å²) in [6.07, 6.45) is 0. The van der Waals surface area contributed by atoms with Crippen LogP contribution in [-0.2, 0) is 9.57 Å². The summed E-state index contributed by atoms with van der Waals surface area (Å²) in [5.41, 5.74) is 4.51. The summed E-state index contributed by atoms with van der Waals surface area (Å²) in [7, 11) is 0. The second-order valence-corrected chi connectivity index (χ2v) is 9.05. The Labute approximate surface area is 210 Å². The Balaban J connectivity index is 1.60. The Morgan fingerprint density at radius 1 is 0.971 bits per heavy atom. The van der Waals surface area contributed by atoms with Crippen LogP contribution in [0.2, 0.25) is 5.02 Å². The summed E-state index contributed by atoms with van der Waals surface area (Å²) in [6, 6.07) is 29.8. The number of carbonyl (C=O) groups is 1. The molecule has 0 radical (unpaired) electrons. The van der Waals surface area contributed by atoms with Gasteiger partial charge in [0.05, 0.1) is 30.5 Å². The highest BCUT2D eigenvalue weighted by Gasteiger charge is 2.38. The fraction of sp³-hybridized carbons (Fsp3) is 0.167. The van der Waals surface area contributed by atoms with Crippen LogP contribution in [0.5, 0.6) is 0 Å². The van der Waals surface area contributed by atoms with E-state index in [1.54, 1.807) is 19.1 Å². The average Bonchev–Trinajstić information content (AvgIpc) is 2.88. The van der Waals surface area contributed by atoms with Gasteiger partial charge in [-0.25, -0.2) is 9.86 Å². The summed E-state index contributed by atoms with van der Waals surface area (Å²) in [4.78, 5) is 18.4. The maximum absolute atomic E-state index is 12.1. The second kappa shape index (κ2) is 9.95. The highest BCUT2D eigenvalue weighted by atomic mass is 35.5. The highest BCUT2D eigenvalue weighted by molar-refractivity contribution is 6.30. The van der Waals surface area contributed by atoms with Gasteiger partial charge in [0.15, 0.2) is 0 Å². The standard InChI is InChI=1S/C30H26ClNO3/c1-3-34-30(33)22-13-15-27(16-14-22)32-29(25-9-6-10-26(31)18-25)28(20(2)19-35-32)24-12-11-21-7-4-5-8-23(21)17-24/h4-18,28-29H,2-3,19H2,1H3/t28-,29-/m1/s1. The van der Waals surface area contributed by atoms with Gasteiger partial charge in [-0.3, -0.25) is 4.84 Å². The van der Waals surface area contributed by atoms with Gasteiger partial charge in [0.25, 0.3) is 0 Å². The van der Waals surface area contributed by atoms with Crippen molar-refractivity contribution < 1.29 is 14.4 Å². The van der Waals surface area contributed by atoms with Crippen LogP contribution in [0, 0.1) is 0 Å². The van der Waals surface area contributed by atoms with E-state index in [0.717, 1.165) is 22.4 Å². The molecule has 35 heavy (non-hydrogen) atoms. The van der Waals surface area contributed by atoms with Gasteiger partial charge in [-0.1, -0.05) is 72.8 Å². The Morgan fingerprint density at radius 3 is 2.49 bits per heavy atom. The minimum absolute atomic E-state index is 0.0310. The third-order valence-electron chi connectivity index (χ3n) is 6.35. The topological polar surface area (TPSA) is 38.8 Å². The first-order valence-corrected chi connectivity index (χ1v) is 12.0. The third-order valence-corrected chi connectivity index (χ3v) is 6.59. The van der Waals surface area contributed by atoms with Gasteiger partial charge in [-0.2, -0.15) is 0 Å². The smallest absolute Gasteiger partial charge is 0.338 e. The minimum atomic E-state index is -0.340. The molecule has 0 saturated carbocycles. The molecule has 0 unspecified atom stereocenters. The first-order chi connectivity index (χ1) is 17.0. The van der Waals surface area contributed by atoms with Gasteiger partial charge in [0.2, 0.25) is 0 Å². The molecule has 1 heterocycles. The molecule has 0 aromatic heterocycles. The number of nitrogens with zero attached hydrogens (tertiary/aromatic N) is 1. The normalized spacial score (nSPS) is 18.0. The van der Waals surface area contributed by atoms with E-state index >= 15 is 0 Å². The van der Waals surface area contributed by atoms with E-state index in [1.807, 2.05) is 41.5 Å². The zero-order valence-corrected chi connectivity index (χ0v) is 20.2. The van der Waals surface area contributed by atoms with Gasteiger partial charge in [-0.15, -0.1) is 0 Å². The SMILES string of the molecule is C=C1CON(c2ccc(C(=O)OCC)cc2)[C@H](c2cccc(Cl)c2)[C@H]1c1ccc2ccccc2c1. The number of halogens is 1. The van der Waals surface area contributed by atoms with E-state index in [4.69, 9.17) is 21.2 Å². The number of fused-ring (bicyclic) bond motifs is 1. The number of anilines is 1. The maximum Gasteiger partial charge on any atom is 0.338 e. The molecule has 4 aromatic carbocycles. The quantitative estimate of drug-likeness (QED) is 0.217. The largest absolute Gasteiger partial charge is 0.462 e. The van der Waals surface area contributed by atoms with Crippen LogP contribution >= 0.6 is 11.6 Å². The number of ether oxygens (including phenoxy) is 1. The van der Waals surface area contributed by atoms with Crippen molar-refractivity contribution in [3.05, 3.63) is 125 Å². The molecular formula is C30H26ClNO3. The number of benzene rings is 4. The first kappa shape index (κ1) is 23.2. The average molecular weight is 484 g/mol. The maximum atomic E-state index is 12.1. The van der Waals surface area contributed by atoms with Crippen molar-refractivity contribution in [2.45, 2.75) is 18.9 Å². The van der Waals surface area contributed by atoms with Crippen molar-refractivity contribution in [2.24, 2.45) is 0 Å². The molecule has 1 aliphatic heterocycles. The van der Waals surface area contributed by atoms with E-state index in [-0.39, 0.29) is 17.9 Å². The van der Waals surface area contributed by atoms with E-state index < -0.39 is 0 Å². The minimum Gasteiger partial charge on any atom is -0.462 e. The third kappa shape index (κ3) is 4.68. The number of carbonyl (C=O) groups excluding carboxylic acids is 1. The number of hydrogen-bond acceptors (Lipinski definition) is 4. The summed E-state index contributed by atoms with van der Waals surface area (Å²) in [5, 5.41) is 4.95. The summed E-state index contributed by atoms with van der Waals surface area (Å²) >= 11 is 6.42. The van der Waals surface area contributed by atoms with Gasteiger partial charge >= 0.3 is 5.97 Å². The van der Waals surface area contributed by atoms with Crippen molar-refractivity contribution in [1.29, 1.82) is 0 Å². The molecule has 2 atom stereocenters. The van der Waals surface area contributed by atoms with Crippen molar-refractivity contribution in [3.8, 4) is 0 Å². The molecule has 4 nitrogen and oxygen atoms in total. The Kier molecular flexibility index (Phi) is 6.58. The van der Waals surface area contributed by atoms with Crippen LogP contribution in [0.25, 0.3) is 10.8 Å². The summed E-state index contributed by atoms with van der Waals surface area (Å²) in [6.45, 7) is 6.90. The van der Waals surface area contributed by atoms with Crippen LogP contribution in [0.1, 0.15) is 40.4 Å². The molecule has 0 spiro atoms. The fourth-order valence-corrected chi connectivity index (χ4v) is 4.91. The van der Waals surface area contributed by atoms with Crippen molar-refractivity contribution in [2.75, 3.05) is 18.3 Å². The predicted octanol–water partition coefficient (Wildman–Crippen LogP) is 7.50. The number of rotatable bonds is 5. The Morgan fingerprint density at radius 2 is 1.74 bits per heavy atom. The molecule has 4 aromatic rings. The molecule has 0 bridgehead atoms. The van der Waals surface area contributed by atoms with E-state index in [2.05, 4.69) is 49.0 Å². The molecule has 5 rings (SSSR count). The van der Waals surface area contributed by atoms with Crippen LogP contribution in [0.15, 0.2) is 103 Å². The lowest BCUT2D eigenvalue weighted by Gasteiger charge is -2.43. The lowest BCUT2D eigenvalue weighted by Crippen LogP contribution is -2.39. The Bertz CT molecular complexity index is 1380. The van der Waals surface area contributed by atoms with Crippen molar-refractivity contribution in [1.82, 2.24) is 0 Å². The lowest BCUT2D eigenvalue weighted by atomic mass is 9.80. The highest BCUT2D eigenvalue weighted by Crippen LogP contribution is 2.46. The summed E-state index contributed by atoms with van der Waals surface area (Å²) < 4.78 is 5.13. The number of hydroxylamine groups is 1. The van der Waals surface area contributed by atoms with Crippen LogP contribution in [-0.4, -0.2) is 19.2 Å². The van der Waals surface area contributed by atoms with E-state index in [0.29, 0.717) is 23.8 Å². The fourth-order valence-electron chi connectivity index (χ4n) is 4.71.